The number of unbranched alkanes of at least 4 members (excludes halogenated alkanes) is 1. The second-order valence-corrected chi connectivity index (χ2v) is 21.6. The number of carbonyl (C=O) groups excluding carboxylic acids is 6. The van der Waals surface area contributed by atoms with Crippen LogP contribution >= 0.6 is 0 Å². The van der Waals surface area contributed by atoms with Crippen LogP contribution in [0.2, 0.25) is 0 Å². The molecule has 0 aromatic heterocycles. The van der Waals surface area contributed by atoms with Gasteiger partial charge < -0.3 is 58.9 Å². The highest BCUT2D eigenvalue weighted by atomic mass is 16.6. The van der Waals surface area contributed by atoms with Crippen LogP contribution in [0.5, 0.6) is 0 Å². The number of likely N-dealkylation sites (N-methyl/N-ethyl adjacent to an activating group) is 1. The smallest absolute Gasteiger partial charge is 0.408 e. The largest absolute Gasteiger partial charge is 0.455 e. The number of nitrogens with zero attached hydrogens (tertiary/aromatic N) is 2. The number of fused-ring (bicyclic) bond motifs is 5. The molecular formula is C53H71N3O15. The van der Waals surface area contributed by atoms with Gasteiger partial charge in [-0.05, 0) is 89.9 Å². The van der Waals surface area contributed by atoms with Gasteiger partial charge in [-0.2, -0.15) is 0 Å². The van der Waals surface area contributed by atoms with E-state index in [0.717, 1.165) is 39.6 Å². The molecule has 1 unspecified atom stereocenters. The first-order valence-electron chi connectivity index (χ1n) is 24.6. The molecule has 11 atom stereocenters. The minimum Gasteiger partial charge on any atom is -0.455 e. The third-order valence-electron chi connectivity index (χ3n) is 15.5. The third-order valence-corrected chi connectivity index (χ3v) is 15.5. The van der Waals surface area contributed by atoms with E-state index in [1.165, 1.54) is 26.0 Å². The zero-order valence-electron chi connectivity index (χ0n) is 42.3. The van der Waals surface area contributed by atoms with Crippen LogP contribution in [0.1, 0.15) is 109 Å². The van der Waals surface area contributed by atoms with Gasteiger partial charge in [-0.25, -0.2) is 14.4 Å². The number of ketones is 1. The summed E-state index contributed by atoms with van der Waals surface area (Å²) >= 11 is 0. The molecule has 2 bridgehead atoms. The number of nitrogens with one attached hydrogen (secondary N) is 1. The zero-order valence-corrected chi connectivity index (χ0v) is 42.3. The number of Topliss-reactive ketones (excluding diaryl/α,β-unsaturated/α-hetero) is 1. The number of amides is 1. The minimum atomic E-state index is -2.40. The summed E-state index contributed by atoms with van der Waals surface area (Å²) in [6.45, 7) is 16.3. The second kappa shape index (κ2) is 20.7. The average Bonchev–Trinajstić information content (AvgIpc) is 3.30. The number of benzene rings is 2. The quantitative estimate of drug-likeness (QED) is 0.0897. The van der Waals surface area contributed by atoms with E-state index in [1.54, 1.807) is 83.1 Å². The molecule has 1 amide bonds. The van der Waals surface area contributed by atoms with Crippen molar-refractivity contribution in [1.29, 1.82) is 0 Å². The SMILES string of the molecule is CC(=O)O[C@@]12CO[C@@H]1C[C@H](O)[C@@]1(C)C(=O)[C@H](O)C3=C(C)[C@@H](OC(=O)C(OC(=O)CCCCN4CCN(C)CC4)[C@@H](NC(=O)OC(C)(C)C)c4ccccc4)C[C@@](O)([C@@H](OC(=O)c4ccccc4)[C@@H]21)C3(C)C. The predicted molar refractivity (Wildman–Crippen MR) is 255 cm³/mol. The minimum absolute atomic E-state index is 0.0718. The van der Waals surface area contributed by atoms with Crippen molar-refractivity contribution in [3.05, 3.63) is 82.9 Å². The average molecular weight is 990 g/mol. The Bertz CT molecular complexity index is 2350. The molecule has 7 rings (SSSR count). The lowest BCUT2D eigenvalue weighted by molar-refractivity contribution is -0.346. The summed E-state index contributed by atoms with van der Waals surface area (Å²) in [5.74, 6) is -6.10. The van der Waals surface area contributed by atoms with E-state index in [1.807, 2.05) is 0 Å². The Kier molecular flexibility index (Phi) is 15.6. The monoisotopic (exact) mass is 989 g/mol. The molecule has 4 fully saturated rings. The first-order valence-corrected chi connectivity index (χ1v) is 24.6. The first kappa shape index (κ1) is 53.6. The van der Waals surface area contributed by atoms with Gasteiger partial charge in [0.15, 0.2) is 11.4 Å². The predicted octanol–water partition coefficient (Wildman–Crippen LogP) is 4.23. The number of ether oxygens (including phenoxy) is 6. The first-order chi connectivity index (χ1) is 33.3. The summed E-state index contributed by atoms with van der Waals surface area (Å²) in [7, 11) is 2.07. The van der Waals surface area contributed by atoms with Crippen molar-refractivity contribution in [3.8, 4) is 0 Å². The second-order valence-electron chi connectivity index (χ2n) is 21.6. The van der Waals surface area contributed by atoms with Crippen LogP contribution in [0.25, 0.3) is 0 Å². The van der Waals surface area contributed by atoms with Crippen molar-refractivity contribution in [1.82, 2.24) is 15.1 Å². The van der Waals surface area contributed by atoms with Gasteiger partial charge in [-0.15, -0.1) is 0 Å². The number of esters is 4. The van der Waals surface area contributed by atoms with Crippen molar-refractivity contribution in [2.24, 2.45) is 16.7 Å². The molecule has 0 spiro atoms. The summed E-state index contributed by atoms with van der Waals surface area (Å²) in [6, 6.07) is 14.8. The van der Waals surface area contributed by atoms with Gasteiger partial charge in [0.25, 0.3) is 0 Å². The molecule has 2 aromatic rings. The van der Waals surface area contributed by atoms with Crippen LogP contribution in [-0.2, 0) is 47.6 Å². The normalized spacial score (nSPS) is 31.5. The van der Waals surface area contributed by atoms with Gasteiger partial charge in [-0.1, -0.05) is 62.4 Å². The fourth-order valence-corrected chi connectivity index (χ4v) is 11.5. The standard InChI is InChI=1S/C53H71N3O15/c1-31-35(67-47(63)42(68-38(59)22-16-17-23-56-26-24-55(9)25-27-56)40(33-18-12-10-13-19-33)54-48(64)71-49(3,4)5)29-53(65)45(69-46(62)34-20-14-11-15-21-34)43-51(8,44(61)41(60)39(31)50(53,6)7)36(58)28-37-52(43,30-66-37)70-32(2)57/h10-15,18-21,35-37,40-43,45,58,60,65H,16-17,22-30H2,1-9H3,(H,54,64)/t35-,36-,37+,40-,41+,42?,43+,45-,51+,52-,53+/m0/s1. The number of hydrogen-bond donors (Lipinski definition) is 4. The number of carbonyl (C=O) groups is 6. The van der Waals surface area contributed by atoms with Crippen molar-refractivity contribution in [2.45, 2.75) is 147 Å². The van der Waals surface area contributed by atoms with Crippen molar-refractivity contribution < 1.29 is 72.5 Å². The highest BCUT2D eigenvalue weighted by molar-refractivity contribution is 5.94. The molecule has 2 aliphatic heterocycles. The molecule has 388 valence electrons. The van der Waals surface area contributed by atoms with Crippen molar-refractivity contribution >= 4 is 35.8 Å². The molecule has 2 heterocycles. The molecule has 2 saturated carbocycles. The van der Waals surface area contributed by atoms with Gasteiger partial charge in [0.1, 0.15) is 41.7 Å². The molecule has 18 nitrogen and oxygen atoms in total. The van der Waals surface area contributed by atoms with Crippen molar-refractivity contribution in [3.63, 3.8) is 0 Å². The molecule has 5 aliphatic rings. The summed E-state index contributed by atoms with van der Waals surface area (Å²) in [4.78, 5) is 89.9. The molecule has 2 saturated heterocycles. The molecule has 4 N–H and O–H groups in total. The van der Waals surface area contributed by atoms with Crippen LogP contribution in [-0.4, -0.2) is 161 Å². The van der Waals surface area contributed by atoms with Crippen molar-refractivity contribution in [2.75, 3.05) is 46.4 Å². The molecular weight excluding hydrogens is 919 g/mol. The molecule has 2 aromatic carbocycles. The Morgan fingerprint density at radius 3 is 2.14 bits per heavy atom. The van der Waals surface area contributed by atoms with Gasteiger partial charge in [0, 0.05) is 57.8 Å². The Morgan fingerprint density at radius 2 is 1.55 bits per heavy atom. The maximum absolute atomic E-state index is 15.3. The maximum atomic E-state index is 15.3. The molecule has 71 heavy (non-hydrogen) atoms. The van der Waals surface area contributed by atoms with Crippen LogP contribution in [0.3, 0.4) is 0 Å². The Hall–Kier alpha value is -5.24. The summed E-state index contributed by atoms with van der Waals surface area (Å²) in [6.07, 6.45) is -10.5. The lowest BCUT2D eigenvalue weighted by atomic mass is 9.44. The van der Waals surface area contributed by atoms with E-state index in [2.05, 4.69) is 22.2 Å². The number of alkyl carbamates (subject to hydrolysis) is 1. The van der Waals surface area contributed by atoms with Gasteiger partial charge in [0.2, 0.25) is 6.10 Å². The highest BCUT2D eigenvalue weighted by Gasteiger charge is 2.78. The van der Waals surface area contributed by atoms with Crippen LogP contribution in [0.4, 0.5) is 4.79 Å². The maximum Gasteiger partial charge on any atom is 0.408 e. The lowest BCUT2D eigenvalue weighted by Gasteiger charge is -2.67. The van der Waals surface area contributed by atoms with Crippen LogP contribution < -0.4 is 5.32 Å². The molecule has 3 aliphatic carbocycles. The number of aliphatic hydroxyl groups is 3. The van der Waals surface area contributed by atoms with E-state index < -0.39 is 118 Å². The highest BCUT2D eigenvalue weighted by Crippen LogP contribution is 2.64. The topological polar surface area (TPSA) is 237 Å². The van der Waals surface area contributed by atoms with Gasteiger partial charge >= 0.3 is 30.0 Å². The molecule has 18 heteroatoms. The van der Waals surface area contributed by atoms with E-state index in [0.29, 0.717) is 18.4 Å². The fraction of sp³-hybridized carbons (Fsp3) is 0.623. The van der Waals surface area contributed by atoms with E-state index >= 15 is 9.59 Å². The number of aliphatic hydroxyl groups excluding tert-OH is 2. The van der Waals surface area contributed by atoms with Crippen LogP contribution in [0, 0.1) is 16.7 Å². The lowest BCUT2D eigenvalue weighted by Crippen LogP contribution is -2.81. The molecule has 0 radical (unpaired) electrons. The summed E-state index contributed by atoms with van der Waals surface area (Å²) in [5.41, 5.74) is -8.36. The van der Waals surface area contributed by atoms with E-state index in [-0.39, 0.29) is 36.2 Å². The number of piperazine rings is 1. The third kappa shape index (κ3) is 10.5. The zero-order chi connectivity index (χ0) is 51.8. The van der Waals surface area contributed by atoms with Gasteiger partial charge in [0.05, 0.1) is 29.6 Å². The number of rotatable bonds is 14. The van der Waals surface area contributed by atoms with E-state index in [9.17, 15) is 34.5 Å². The Balaban J connectivity index is 1.31. The number of hydrogen-bond acceptors (Lipinski definition) is 17. The fourth-order valence-electron chi connectivity index (χ4n) is 11.5. The summed E-state index contributed by atoms with van der Waals surface area (Å²) < 4.78 is 36.4. The van der Waals surface area contributed by atoms with E-state index in [4.69, 9.17) is 28.4 Å². The summed E-state index contributed by atoms with van der Waals surface area (Å²) in [5, 5.41) is 41.0. The Morgan fingerprint density at radius 1 is 0.915 bits per heavy atom. The van der Waals surface area contributed by atoms with Crippen LogP contribution in [0.15, 0.2) is 71.8 Å². The Labute approximate surface area is 415 Å². The van der Waals surface area contributed by atoms with Gasteiger partial charge in [-0.3, -0.25) is 14.4 Å².